The first-order valence-electron chi connectivity index (χ1n) is 3.64. The van der Waals surface area contributed by atoms with E-state index in [1.807, 2.05) is 0 Å². The summed E-state index contributed by atoms with van der Waals surface area (Å²) in [4.78, 5) is 7.93. The van der Waals surface area contributed by atoms with Gasteiger partial charge in [-0.15, -0.1) is 0 Å². The topological polar surface area (TPSA) is 107 Å². The average molecular weight is 201 g/mol. The van der Waals surface area contributed by atoms with Crippen molar-refractivity contribution in [3.8, 4) is 0 Å². The molecular weight excluding hydrogens is 189 g/mol. The molecule has 7 heteroatoms. The Morgan fingerprint density at radius 3 is 2.15 bits per heavy atom. The van der Waals surface area contributed by atoms with Gasteiger partial charge in [0.1, 0.15) is 0 Å². The Labute approximate surface area is 76.3 Å². The van der Waals surface area contributed by atoms with Crippen molar-refractivity contribution >= 4 is 13.5 Å². The van der Waals surface area contributed by atoms with Crippen LogP contribution in [0, 0.1) is 13.8 Å². The Balaban J connectivity index is 2.96. The molecule has 1 aromatic heterocycles. The fourth-order valence-corrected chi connectivity index (χ4v) is 1.34. The van der Waals surface area contributed by atoms with Crippen LogP contribution in [0.4, 0.5) is 5.95 Å². The predicted octanol–water partition coefficient (Wildman–Crippen LogP) is 0.531. The van der Waals surface area contributed by atoms with Gasteiger partial charge >= 0.3 is 0 Å². The molecule has 0 amide bonds. The Morgan fingerprint density at radius 1 is 1.31 bits per heavy atom. The SMILES string of the molecule is Cc1cc(C)nc(NP(N)(N)=O)n1. The van der Waals surface area contributed by atoms with Crippen molar-refractivity contribution in [3.05, 3.63) is 17.5 Å². The lowest BCUT2D eigenvalue weighted by molar-refractivity contribution is 0.580. The summed E-state index contributed by atoms with van der Waals surface area (Å²) in [5, 5.41) is 2.35. The molecule has 5 N–H and O–H groups in total. The van der Waals surface area contributed by atoms with Gasteiger partial charge in [0.15, 0.2) is 0 Å². The molecule has 13 heavy (non-hydrogen) atoms. The van der Waals surface area contributed by atoms with Crippen molar-refractivity contribution in [2.45, 2.75) is 13.8 Å². The van der Waals surface area contributed by atoms with E-state index in [9.17, 15) is 4.57 Å². The molecule has 0 atom stereocenters. The van der Waals surface area contributed by atoms with Gasteiger partial charge in [-0.2, -0.15) is 0 Å². The van der Waals surface area contributed by atoms with E-state index in [1.165, 1.54) is 0 Å². The molecule has 1 rings (SSSR count). The molecule has 0 bridgehead atoms. The van der Waals surface area contributed by atoms with E-state index in [2.05, 4.69) is 15.1 Å². The zero-order valence-corrected chi connectivity index (χ0v) is 8.38. The maximum absolute atomic E-state index is 11.0. The number of rotatable bonds is 2. The van der Waals surface area contributed by atoms with Crippen LogP contribution in [0.1, 0.15) is 11.4 Å². The largest absolute Gasteiger partial charge is 0.300 e. The predicted molar refractivity (Wildman–Crippen MR) is 51.1 cm³/mol. The summed E-state index contributed by atoms with van der Waals surface area (Å²) >= 11 is 0. The third kappa shape index (κ3) is 3.50. The summed E-state index contributed by atoms with van der Waals surface area (Å²) in [7, 11) is -3.30. The number of aromatic nitrogens is 2. The van der Waals surface area contributed by atoms with Gasteiger partial charge in [-0.25, -0.2) is 9.97 Å². The van der Waals surface area contributed by atoms with Gasteiger partial charge in [-0.3, -0.25) is 20.7 Å². The molecule has 72 valence electrons. The summed E-state index contributed by atoms with van der Waals surface area (Å²) in [5.41, 5.74) is 11.8. The molecule has 0 spiro atoms. The molecule has 0 radical (unpaired) electrons. The Hall–Kier alpha value is -0.970. The first-order valence-corrected chi connectivity index (χ1v) is 5.49. The zero-order chi connectivity index (χ0) is 10.1. The van der Waals surface area contributed by atoms with Gasteiger partial charge in [0.2, 0.25) is 5.95 Å². The fraction of sp³-hybridized carbons (Fsp3) is 0.333. The van der Waals surface area contributed by atoms with Crippen molar-refractivity contribution in [1.29, 1.82) is 0 Å². The van der Waals surface area contributed by atoms with E-state index in [0.29, 0.717) is 0 Å². The number of anilines is 1. The highest BCUT2D eigenvalue weighted by atomic mass is 31.2. The van der Waals surface area contributed by atoms with Crippen molar-refractivity contribution in [3.63, 3.8) is 0 Å². The molecule has 0 saturated heterocycles. The number of nitrogens with two attached hydrogens (primary N) is 2. The first kappa shape index (κ1) is 10.1. The Kier molecular flexibility index (Phi) is 2.66. The summed E-state index contributed by atoms with van der Waals surface area (Å²) in [6.07, 6.45) is 0. The number of aryl methyl sites for hydroxylation is 2. The standard InChI is InChI=1S/C6H12N5OP/c1-4-3-5(2)10-6(9-4)11-13(7,8)12/h3H,1-2H3,(H5,7,8,9,10,11,12). The van der Waals surface area contributed by atoms with E-state index < -0.39 is 7.59 Å². The Bertz CT molecular complexity index is 340. The highest BCUT2D eigenvalue weighted by Gasteiger charge is 2.09. The molecule has 1 aromatic rings. The van der Waals surface area contributed by atoms with Crippen molar-refractivity contribution in [2.24, 2.45) is 11.0 Å². The van der Waals surface area contributed by atoms with Crippen LogP contribution in [0.25, 0.3) is 0 Å². The normalized spacial score (nSPS) is 11.4. The molecule has 0 aromatic carbocycles. The highest BCUT2D eigenvalue weighted by Crippen LogP contribution is 2.24. The molecule has 0 saturated carbocycles. The van der Waals surface area contributed by atoms with Gasteiger partial charge in [0.05, 0.1) is 0 Å². The van der Waals surface area contributed by atoms with Gasteiger partial charge in [-0.05, 0) is 19.9 Å². The van der Waals surface area contributed by atoms with Crippen molar-refractivity contribution < 1.29 is 4.57 Å². The minimum atomic E-state index is -3.30. The van der Waals surface area contributed by atoms with Crippen LogP contribution in [0.3, 0.4) is 0 Å². The maximum Gasteiger partial charge on any atom is 0.300 e. The maximum atomic E-state index is 11.0. The molecule has 0 fully saturated rings. The average Bonchev–Trinajstić information content (AvgIpc) is 1.78. The second-order valence-electron chi connectivity index (χ2n) is 2.80. The van der Waals surface area contributed by atoms with Crippen LogP contribution in [0.2, 0.25) is 0 Å². The number of hydrogen-bond donors (Lipinski definition) is 3. The molecule has 0 unspecified atom stereocenters. The van der Waals surface area contributed by atoms with E-state index in [-0.39, 0.29) is 5.95 Å². The molecule has 0 aliphatic carbocycles. The monoisotopic (exact) mass is 201 g/mol. The fourth-order valence-electron chi connectivity index (χ4n) is 0.932. The van der Waals surface area contributed by atoms with Crippen LogP contribution in [0.5, 0.6) is 0 Å². The van der Waals surface area contributed by atoms with Gasteiger partial charge < -0.3 is 0 Å². The lowest BCUT2D eigenvalue weighted by Gasteiger charge is -2.09. The summed E-state index contributed by atoms with van der Waals surface area (Å²) in [5.74, 6) is 0.200. The second kappa shape index (κ2) is 3.41. The highest BCUT2D eigenvalue weighted by molar-refractivity contribution is 7.60. The lowest BCUT2D eigenvalue weighted by Crippen LogP contribution is -2.15. The quantitative estimate of drug-likeness (QED) is 0.602. The molecule has 0 aliphatic rings. The van der Waals surface area contributed by atoms with Crippen molar-refractivity contribution in [2.75, 3.05) is 5.09 Å². The van der Waals surface area contributed by atoms with Gasteiger partial charge in [-0.1, -0.05) is 0 Å². The number of hydrogen-bond acceptors (Lipinski definition) is 3. The Morgan fingerprint density at radius 2 is 1.77 bits per heavy atom. The molecular formula is C6H12N5OP. The van der Waals surface area contributed by atoms with Crippen molar-refractivity contribution in [1.82, 2.24) is 9.97 Å². The third-order valence-electron chi connectivity index (χ3n) is 1.26. The smallest absolute Gasteiger partial charge is 0.281 e. The molecule has 6 nitrogen and oxygen atoms in total. The lowest BCUT2D eigenvalue weighted by atomic mass is 10.4. The van der Waals surface area contributed by atoms with Crippen LogP contribution < -0.4 is 16.1 Å². The molecule has 0 aliphatic heterocycles. The summed E-state index contributed by atoms with van der Waals surface area (Å²) in [6.45, 7) is 3.61. The van der Waals surface area contributed by atoms with Crippen LogP contribution in [-0.4, -0.2) is 9.97 Å². The van der Waals surface area contributed by atoms with Crippen LogP contribution >= 0.6 is 7.59 Å². The van der Waals surface area contributed by atoms with E-state index >= 15 is 0 Å². The van der Waals surface area contributed by atoms with E-state index in [1.54, 1.807) is 19.9 Å². The van der Waals surface area contributed by atoms with E-state index in [4.69, 9.17) is 11.0 Å². The van der Waals surface area contributed by atoms with Crippen LogP contribution in [0.15, 0.2) is 6.07 Å². The number of nitrogens with zero attached hydrogens (tertiary/aromatic N) is 2. The first-order chi connectivity index (χ1) is 5.87. The van der Waals surface area contributed by atoms with E-state index in [0.717, 1.165) is 11.4 Å². The van der Waals surface area contributed by atoms with Gasteiger partial charge in [0.25, 0.3) is 7.59 Å². The summed E-state index contributed by atoms with van der Waals surface area (Å²) in [6, 6.07) is 1.79. The minimum Gasteiger partial charge on any atom is -0.281 e. The minimum absolute atomic E-state index is 0.200. The third-order valence-corrected chi connectivity index (χ3v) is 1.81. The summed E-state index contributed by atoms with van der Waals surface area (Å²) < 4.78 is 11.0. The zero-order valence-electron chi connectivity index (χ0n) is 7.48. The van der Waals surface area contributed by atoms with Gasteiger partial charge in [0, 0.05) is 11.4 Å². The van der Waals surface area contributed by atoms with Crippen LogP contribution in [-0.2, 0) is 4.57 Å². The number of nitrogens with one attached hydrogen (secondary N) is 1. The second-order valence-corrected chi connectivity index (χ2v) is 4.44. The molecule has 1 heterocycles.